The molecule has 0 radical (unpaired) electrons. The Balaban J connectivity index is 1.44. The van der Waals surface area contributed by atoms with Crippen molar-refractivity contribution in [2.75, 3.05) is 13.1 Å². The first-order valence-corrected chi connectivity index (χ1v) is 10.3. The number of pyridine rings is 1. The Morgan fingerprint density at radius 2 is 1.81 bits per heavy atom. The van der Waals surface area contributed by atoms with E-state index in [1.54, 1.807) is 17.9 Å². The van der Waals surface area contributed by atoms with Gasteiger partial charge in [0.1, 0.15) is 11.6 Å². The van der Waals surface area contributed by atoms with Crippen LogP contribution in [0.15, 0.2) is 54.6 Å². The van der Waals surface area contributed by atoms with E-state index in [-0.39, 0.29) is 17.6 Å². The molecule has 6 nitrogen and oxygen atoms in total. The number of rotatable bonds is 5. The molecule has 2 aromatic carbocycles. The Labute approximate surface area is 179 Å². The Kier molecular flexibility index (Phi) is 5.84. The number of likely N-dealkylation sites (tertiary alicyclic amines) is 1. The van der Waals surface area contributed by atoms with Crippen molar-refractivity contribution >= 4 is 22.7 Å². The molecule has 2 N–H and O–H groups in total. The number of amides is 2. The van der Waals surface area contributed by atoms with Crippen LogP contribution in [0.1, 0.15) is 41.7 Å². The van der Waals surface area contributed by atoms with Crippen molar-refractivity contribution in [3.63, 3.8) is 0 Å². The van der Waals surface area contributed by atoms with Crippen LogP contribution in [0.5, 0.6) is 5.75 Å². The molecule has 0 saturated carbocycles. The lowest BCUT2D eigenvalue weighted by Gasteiger charge is -2.33. The number of fused-ring (bicyclic) bond motifs is 1. The fourth-order valence-electron chi connectivity index (χ4n) is 4.04. The first-order valence-electron chi connectivity index (χ1n) is 10.3. The minimum absolute atomic E-state index is 0.0458. The molecule has 7 heteroatoms. The smallest absolute Gasteiger partial charge is 0.263 e. The highest BCUT2D eigenvalue weighted by Gasteiger charge is 2.30. The average molecular weight is 421 g/mol. The van der Waals surface area contributed by atoms with Crippen molar-refractivity contribution in [2.24, 2.45) is 5.73 Å². The number of carbonyl (C=O) groups is 2. The zero-order chi connectivity index (χ0) is 22.0. The minimum atomic E-state index is -0.679. The molecular formula is C24H24FN3O3. The Bertz CT molecular complexity index is 1110. The monoisotopic (exact) mass is 421 g/mol. The van der Waals surface area contributed by atoms with Crippen LogP contribution in [-0.2, 0) is 4.79 Å². The highest BCUT2D eigenvalue weighted by molar-refractivity contribution is 5.97. The van der Waals surface area contributed by atoms with E-state index in [1.165, 1.54) is 24.3 Å². The van der Waals surface area contributed by atoms with Gasteiger partial charge in [-0.25, -0.2) is 4.39 Å². The predicted octanol–water partition coefficient (Wildman–Crippen LogP) is 3.65. The molecule has 1 atom stereocenters. The summed E-state index contributed by atoms with van der Waals surface area (Å²) in [5.41, 5.74) is 7.59. The van der Waals surface area contributed by atoms with E-state index in [0.29, 0.717) is 42.9 Å². The number of halogens is 1. The molecule has 1 aliphatic rings. The van der Waals surface area contributed by atoms with Gasteiger partial charge in [0.05, 0.1) is 16.8 Å². The van der Waals surface area contributed by atoms with Crippen LogP contribution < -0.4 is 10.5 Å². The summed E-state index contributed by atoms with van der Waals surface area (Å²) >= 11 is 0. The van der Waals surface area contributed by atoms with Gasteiger partial charge in [0, 0.05) is 24.4 Å². The summed E-state index contributed by atoms with van der Waals surface area (Å²) in [6.07, 6.45) is 0.684. The molecule has 2 amide bonds. The molecule has 0 aliphatic carbocycles. The zero-order valence-corrected chi connectivity index (χ0v) is 17.3. The number of nitrogens with zero attached hydrogens (tertiary/aromatic N) is 2. The zero-order valence-electron chi connectivity index (χ0n) is 17.3. The number of nitrogens with two attached hydrogens (primary N) is 1. The van der Waals surface area contributed by atoms with Crippen LogP contribution in [0.4, 0.5) is 4.39 Å². The third kappa shape index (κ3) is 4.50. The van der Waals surface area contributed by atoms with Crippen molar-refractivity contribution in [3.8, 4) is 5.75 Å². The number of aromatic nitrogens is 1. The second-order valence-electron chi connectivity index (χ2n) is 7.79. The number of piperidine rings is 1. The van der Waals surface area contributed by atoms with Gasteiger partial charge in [0.25, 0.3) is 11.8 Å². The second-order valence-corrected chi connectivity index (χ2v) is 7.79. The van der Waals surface area contributed by atoms with E-state index in [1.807, 2.05) is 24.3 Å². The topological polar surface area (TPSA) is 85.5 Å². The summed E-state index contributed by atoms with van der Waals surface area (Å²) in [4.78, 5) is 31.3. The van der Waals surface area contributed by atoms with Gasteiger partial charge in [-0.15, -0.1) is 0 Å². The summed E-state index contributed by atoms with van der Waals surface area (Å²) in [5.74, 6) is -0.475. The van der Waals surface area contributed by atoms with Gasteiger partial charge in [0.2, 0.25) is 0 Å². The van der Waals surface area contributed by atoms with Crippen molar-refractivity contribution in [1.82, 2.24) is 9.88 Å². The van der Waals surface area contributed by atoms with E-state index >= 15 is 0 Å². The molecule has 1 aliphatic heterocycles. The third-order valence-corrected chi connectivity index (χ3v) is 5.69. The number of benzene rings is 2. The van der Waals surface area contributed by atoms with Crippen LogP contribution in [0.25, 0.3) is 10.9 Å². The lowest BCUT2D eigenvalue weighted by atomic mass is 9.89. The Hall–Kier alpha value is -3.48. The van der Waals surface area contributed by atoms with Crippen molar-refractivity contribution in [1.29, 1.82) is 0 Å². The van der Waals surface area contributed by atoms with Gasteiger partial charge in [-0.3, -0.25) is 14.6 Å². The molecule has 4 rings (SSSR count). The van der Waals surface area contributed by atoms with E-state index in [9.17, 15) is 14.0 Å². The molecule has 31 heavy (non-hydrogen) atoms. The van der Waals surface area contributed by atoms with E-state index in [4.69, 9.17) is 15.5 Å². The van der Waals surface area contributed by atoms with Gasteiger partial charge in [-0.05, 0) is 56.2 Å². The summed E-state index contributed by atoms with van der Waals surface area (Å²) < 4.78 is 18.7. The molecule has 160 valence electrons. The van der Waals surface area contributed by atoms with Crippen molar-refractivity contribution in [2.45, 2.75) is 31.8 Å². The van der Waals surface area contributed by atoms with Gasteiger partial charge < -0.3 is 15.4 Å². The summed E-state index contributed by atoms with van der Waals surface area (Å²) in [6, 6.07) is 15.0. The van der Waals surface area contributed by atoms with E-state index in [2.05, 4.69) is 0 Å². The van der Waals surface area contributed by atoms with Gasteiger partial charge in [-0.2, -0.15) is 0 Å². The van der Waals surface area contributed by atoms with Crippen LogP contribution in [-0.4, -0.2) is 40.9 Å². The quantitative estimate of drug-likeness (QED) is 0.682. The molecule has 1 saturated heterocycles. The fraction of sp³-hybridized carbons (Fsp3) is 0.292. The normalized spacial score (nSPS) is 15.6. The number of para-hydroxylation sites is 1. The van der Waals surface area contributed by atoms with Crippen LogP contribution in [0.3, 0.4) is 0 Å². The molecule has 1 fully saturated rings. The minimum Gasteiger partial charge on any atom is -0.481 e. The van der Waals surface area contributed by atoms with E-state index in [0.717, 1.165) is 10.9 Å². The fourth-order valence-corrected chi connectivity index (χ4v) is 4.04. The molecule has 0 bridgehead atoms. The number of hydrogen-bond acceptors (Lipinski definition) is 4. The Morgan fingerprint density at radius 1 is 1.13 bits per heavy atom. The highest BCUT2D eigenvalue weighted by Crippen LogP contribution is 2.31. The van der Waals surface area contributed by atoms with Gasteiger partial charge in [0.15, 0.2) is 6.10 Å². The standard InChI is InChI=1S/C24H24FN3O3/c1-15(31-19-8-6-18(25)7-9-19)24(30)28-12-10-16(11-13-28)22-20(23(26)29)14-17-4-2-3-5-21(17)27-22/h2-9,14-16H,10-13H2,1H3,(H2,26,29)/t15-/m0/s1. The van der Waals surface area contributed by atoms with Crippen LogP contribution in [0, 0.1) is 5.82 Å². The molecule has 1 aromatic heterocycles. The molecule has 3 aromatic rings. The first-order chi connectivity index (χ1) is 14.9. The average Bonchev–Trinajstić information content (AvgIpc) is 2.79. The lowest BCUT2D eigenvalue weighted by Crippen LogP contribution is -2.44. The Morgan fingerprint density at radius 3 is 2.48 bits per heavy atom. The summed E-state index contributed by atoms with van der Waals surface area (Å²) in [6.45, 7) is 2.76. The number of ether oxygens (including phenoxy) is 1. The maximum atomic E-state index is 13.0. The maximum Gasteiger partial charge on any atom is 0.263 e. The number of primary amides is 1. The van der Waals surface area contributed by atoms with Crippen LogP contribution in [0.2, 0.25) is 0 Å². The lowest BCUT2D eigenvalue weighted by molar-refractivity contribution is -0.139. The SMILES string of the molecule is C[C@H](Oc1ccc(F)cc1)C(=O)N1CCC(c2nc3ccccc3cc2C(N)=O)CC1. The summed E-state index contributed by atoms with van der Waals surface area (Å²) in [5, 5.41) is 0.874. The predicted molar refractivity (Wildman–Crippen MR) is 115 cm³/mol. The summed E-state index contributed by atoms with van der Waals surface area (Å²) in [7, 11) is 0. The van der Waals surface area contributed by atoms with E-state index < -0.39 is 12.0 Å². The molecule has 0 unspecified atom stereocenters. The van der Waals surface area contributed by atoms with Crippen molar-refractivity contribution < 1.29 is 18.7 Å². The van der Waals surface area contributed by atoms with Gasteiger partial charge in [-0.1, -0.05) is 18.2 Å². The second kappa shape index (κ2) is 8.71. The number of carbonyl (C=O) groups excluding carboxylic acids is 2. The largest absolute Gasteiger partial charge is 0.481 e. The molecular weight excluding hydrogens is 397 g/mol. The third-order valence-electron chi connectivity index (χ3n) is 5.69. The number of hydrogen-bond donors (Lipinski definition) is 1. The van der Waals surface area contributed by atoms with Crippen LogP contribution >= 0.6 is 0 Å². The maximum absolute atomic E-state index is 13.0. The molecule has 2 heterocycles. The highest BCUT2D eigenvalue weighted by atomic mass is 19.1. The van der Waals surface area contributed by atoms with Gasteiger partial charge >= 0.3 is 0 Å². The van der Waals surface area contributed by atoms with Crippen molar-refractivity contribution in [3.05, 3.63) is 71.7 Å². The molecule has 0 spiro atoms. The first kappa shape index (κ1) is 20.8.